The molecule has 11 heteroatoms. The summed E-state index contributed by atoms with van der Waals surface area (Å²) in [6, 6.07) is 2.89. The molecule has 0 unspecified atom stereocenters. The maximum absolute atomic E-state index is 12.6. The van der Waals surface area contributed by atoms with Crippen LogP contribution in [0.25, 0.3) is 10.9 Å². The van der Waals surface area contributed by atoms with Crippen LogP contribution < -0.4 is 4.72 Å². The number of nitrogens with one attached hydrogen (secondary N) is 1. The molecule has 0 aliphatic heterocycles. The lowest BCUT2D eigenvalue weighted by molar-refractivity contribution is -0.141. The monoisotopic (exact) mass is 405 g/mol. The number of hydrogen-bond donors (Lipinski definition) is 1. The second kappa shape index (κ2) is 5.33. The Morgan fingerprint density at radius 2 is 2.05 bits per heavy atom. The van der Waals surface area contributed by atoms with Crippen LogP contribution in [0.3, 0.4) is 0 Å². The van der Waals surface area contributed by atoms with Crippen molar-refractivity contribution in [2.45, 2.75) is 12.7 Å². The number of alkyl halides is 3. The second-order valence-corrected chi connectivity index (χ2v) is 7.26. The zero-order chi connectivity index (χ0) is 16.0. The van der Waals surface area contributed by atoms with Gasteiger partial charge in [-0.15, -0.1) is 0 Å². The topological polar surface area (TPSA) is 64.0 Å². The van der Waals surface area contributed by atoms with Crippen LogP contribution in [0.2, 0.25) is 5.02 Å². The Bertz CT molecular complexity index is 804. The Morgan fingerprint density at radius 3 is 2.57 bits per heavy atom. The van der Waals surface area contributed by atoms with Gasteiger partial charge in [0, 0.05) is 4.47 Å². The van der Waals surface area contributed by atoms with Gasteiger partial charge in [-0.1, -0.05) is 11.6 Å². The normalized spacial score (nSPS) is 12.9. The van der Waals surface area contributed by atoms with Crippen LogP contribution in [0.4, 0.5) is 19.0 Å². The molecule has 21 heavy (non-hydrogen) atoms. The molecule has 5 nitrogen and oxygen atoms in total. The second-order valence-electron chi connectivity index (χ2n) is 4.25. The minimum atomic E-state index is -4.51. The maximum Gasteiger partial charge on any atom is 0.408 e. The summed E-state index contributed by atoms with van der Waals surface area (Å²) in [5, 5.41) is 3.86. The number of nitrogens with zero attached hydrogens (tertiary/aromatic N) is 2. The van der Waals surface area contributed by atoms with Crippen LogP contribution in [0.1, 0.15) is 0 Å². The van der Waals surface area contributed by atoms with E-state index >= 15 is 0 Å². The third kappa shape index (κ3) is 3.80. The number of anilines is 1. The zero-order valence-electron chi connectivity index (χ0n) is 10.4. The van der Waals surface area contributed by atoms with E-state index in [9.17, 15) is 21.6 Å². The van der Waals surface area contributed by atoms with Gasteiger partial charge in [-0.05, 0) is 28.1 Å². The van der Waals surface area contributed by atoms with E-state index in [1.165, 1.54) is 12.1 Å². The number of benzene rings is 1. The molecule has 0 aliphatic rings. The van der Waals surface area contributed by atoms with Gasteiger partial charge in [0.1, 0.15) is 6.54 Å². The molecule has 0 bridgehead atoms. The van der Waals surface area contributed by atoms with E-state index in [-0.39, 0.29) is 21.7 Å². The zero-order valence-corrected chi connectivity index (χ0v) is 13.5. The molecule has 0 atom stereocenters. The average molecular weight is 407 g/mol. The Kier molecular flexibility index (Phi) is 4.15. The third-order valence-electron chi connectivity index (χ3n) is 2.40. The molecule has 1 N–H and O–H groups in total. The minimum Gasteiger partial charge on any atom is -0.266 e. The van der Waals surface area contributed by atoms with Crippen LogP contribution in [-0.4, -0.2) is 30.6 Å². The fourth-order valence-electron chi connectivity index (χ4n) is 1.77. The highest BCUT2D eigenvalue weighted by Crippen LogP contribution is 2.36. The summed E-state index contributed by atoms with van der Waals surface area (Å²) in [4.78, 5) is 0. The van der Waals surface area contributed by atoms with Crippen LogP contribution in [-0.2, 0) is 16.6 Å². The smallest absolute Gasteiger partial charge is 0.266 e. The van der Waals surface area contributed by atoms with Crippen molar-refractivity contribution in [2.24, 2.45) is 0 Å². The van der Waals surface area contributed by atoms with Gasteiger partial charge in [0.25, 0.3) is 0 Å². The lowest BCUT2D eigenvalue weighted by atomic mass is 10.2. The average Bonchev–Trinajstić information content (AvgIpc) is 2.58. The fraction of sp³-hybridized carbons (Fsp3) is 0.300. The number of halogens is 5. The molecule has 0 spiro atoms. The van der Waals surface area contributed by atoms with E-state index in [4.69, 9.17) is 11.6 Å². The van der Waals surface area contributed by atoms with Crippen molar-refractivity contribution >= 4 is 54.3 Å². The summed E-state index contributed by atoms with van der Waals surface area (Å²) in [5.74, 6) is -0.247. The molecule has 1 heterocycles. The van der Waals surface area contributed by atoms with E-state index in [0.29, 0.717) is 9.15 Å². The van der Waals surface area contributed by atoms with Gasteiger partial charge in [0.2, 0.25) is 10.0 Å². The molecule has 2 aromatic rings. The first kappa shape index (κ1) is 16.4. The Balaban J connectivity index is 2.73. The van der Waals surface area contributed by atoms with Gasteiger partial charge in [-0.25, -0.2) is 8.42 Å². The predicted octanol–water partition coefficient (Wildman–Crippen LogP) is 3.39. The van der Waals surface area contributed by atoms with Crippen molar-refractivity contribution in [1.82, 2.24) is 9.78 Å². The summed E-state index contributed by atoms with van der Waals surface area (Å²) in [7, 11) is -3.71. The van der Waals surface area contributed by atoms with Crippen LogP contribution in [0.15, 0.2) is 16.6 Å². The van der Waals surface area contributed by atoms with Crippen LogP contribution in [0.5, 0.6) is 0 Å². The van der Waals surface area contributed by atoms with E-state index in [1.54, 1.807) is 0 Å². The first-order chi connectivity index (χ1) is 9.48. The molecule has 0 saturated heterocycles. The molecule has 0 fully saturated rings. The van der Waals surface area contributed by atoms with E-state index in [2.05, 4.69) is 25.8 Å². The first-order valence-corrected chi connectivity index (χ1v) is 8.43. The van der Waals surface area contributed by atoms with Gasteiger partial charge >= 0.3 is 6.18 Å². The Labute approximate surface area is 131 Å². The van der Waals surface area contributed by atoms with Crippen molar-refractivity contribution in [2.75, 3.05) is 11.0 Å². The Morgan fingerprint density at radius 1 is 1.43 bits per heavy atom. The van der Waals surface area contributed by atoms with Gasteiger partial charge < -0.3 is 0 Å². The predicted molar refractivity (Wildman–Crippen MR) is 77.0 cm³/mol. The molecule has 1 aromatic heterocycles. The molecular weight excluding hydrogens is 399 g/mol. The fourth-order valence-corrected chi connectivity index (χ4v) is 3.04. The summed E-state index contributed by atoms with van der Waals surface area (Å²) in [6.45, 7) is -1.37. The molecular formula is C10H8BrClF3N3O2S. The largest absolute Gasteiger partial charge is 0.408 e. The highest BCUT2D eigenvalue weighted by atomic mass is 79.9. The standard InChI is InChI=1S/C10H8BrClF3N3O2S/c1-21(19,20)17-9-7-6(12)3-2-5(11)8(7)18(16-9)4-10(13,14)15/h2-3H,4H2,1H3,(H,16,17). The van der Waals surface area contributed by atoms with Crippen molar-refractivity contribution in [1.29, 1.82) is 0 Å². The molecule has 0 radical (unpaired) electrons. The molecule has 0 aliphatic carbocycles. The quantitative estimate of drug-likeness (QED) is 0.850. The summed E-state index contributed by atoms with van der Waals surface area (Å²) in [6.07, 6.45) is -3.64. The highest BCUT2D eigenvalue weighted by molar-refractivity contribution is 9.10. The molecule has 0 saturated carbocycles. The molecule has 1 aromatic carbocycles. The molecule has 2 rings (SSSR count). The summed E-state index contributed by atoms with van der Waals surface area (Å²) >= 11 is 9.08. The van der Waals surface area contributed by atoms with Crippen molar-refractivity contribution < 1.29 is 21.6 Å². The lowest BCUT2D eigenvalue weighted by Gasteiger charge is -2.08. The Hall–Kier alpha value is -1.00. The highest BCUT2D eigenvalue weighted by Gasteiger charge is 2.31. The van der Waals surface area contributed by atoms with E-state index < -0.39 is 22.7 Å². The van der Waals surface area contributed by atoms with E-state index in [0.717, 1.165) is 6.26 Å². The number of sulfonamides is 1. The van der Waals surface area contributed by atoms with Gasteiger partial charge in [-0.3, -0.25) is 9.40 Å². The van der Waals surface area contributed by atoms with Crippen molar-refractivity contribution in [3.8, 4) is 0 Å². The first-order valence-electron chi connectivity index (χ1n) is 5.37. The van der Waals surface area contributed by atoms with Gasteiger partial charge in [0.15, 0.2) is 5.82 Å². The molecule has 116 valence electrons. The number of aromatic nitrogens is 2. The number of rotatable bonds is 3. The summed E-state index contributed by atoms with van der Waals surface area (Å²) < 4.78 is 63.4. The minimum absolute atomic E-state index is 0.0611. The van der Waals surface area contributed by atoms with Crippen LogP contribution in [0, 0.1) is 0 Å². The van der Waals surface area contributed by atoms with Gasteiger partial charge in [0.05, 0.1) is 22.2 Å². The van der Waals surface area contributed by atoms with Crippen molar-refractivity contribution in [3.05, 3.63) is 21.6 Å². The summed E-state index contributed by atoms with van der Waals surface area (Å²) in [5.41, 5.74) is 0.0611. The SMILES string of the molecule is CS(=O)(=O)Nc1nn(CC(F)(F)F)c2c(Br)ccc(Cl)c12. The third-order valence-corrected chi connectivity index (χ3v) is 3.92. The number of fused-ring (bicyclic) bond motifs is 1. The molecule has 0 amide bonds. The van der Waals surface area contributed by atoms with E-state index in [1.807, 2.05) is 0 Å². The number of hydrogen-bond acceptors (Lipinski definition) is 3. The van der Waals surface area contributed by atoms with Gasteiger partial charge in [-0.2, -0.15) is 18.3 Å². The maximum atomic E-state index is 12.6. The van der Waals surface area contributed by atoms with Crippen molar-refractivity contribution in [3.63, 3.8) is 0 Å². The lowest BCUT2D eigenvalue weighted by Crippen LogP contribution is -2.19. The van der Waals surface area contributed by atoms with Crippen LogP contribution >= 0.6 is 27.5 Å².